The molecular formula is C16H11ClF3NO. The third-order valence-electron chi connectivity index (χ3n) is 2.81. The van der Waals surface area contributed by atoms with Crippen LogP contribution in [0.2, 0.25) is 5.02 Å². The standard InChI is InChI=1S/C16H11ClF3NO/c17-13-7-3-1-5-11(13)9-10-15(22)21-14-8-4-2-6-12(14)16(18,19)20/h1-10H,(H,21,22). The lowest BCUT2D eigenvalue weighted by atomic mass is 10.1. The predicted octanol–water partition coefficient (Wildman–Crippen LogP) is 5.01. The molecule has 2 rings (SSSR count). The number of carbonyl (C=O) groups is 1. The minimum atomic E-state index is -4.53. The molecule has 114 valence electrons. The van der Waals surface area contributed by atoms with Crippen LogP contribution >= 0.6 is 11.6 Å². The molecule has 1 amide bonds. The number of hydrogen-bond acceptors (Lipinski definition) is 1. The highest BCUT2D eigenvalue weighted by molar-refractivity contribution is 6.32. The van der Waals surface area contributed by atoms with Crippen LogP contribution in [-0.2, 0) is 11.0 Å². The number of amides is 1. The molecule has 0 saturated heterocycles. The zero-order chi connectivity index (χ0) is 16.2. The van der Waals surface area contributed by atoms with E-state index in [0.29, 0.717) is 10.6 Å². The minimum Gasteiger partial charge on any atom is -0.322 e. The molecule has 0 bridgehead atoms. The first kappa shape index (κ1) is 16.1. The molecule has 0 unspecified atom stereocenters. The Labute approximate surface area is 130 Å². The molecule has 2 nitrogen and oxygen atoms in total. The smallest absolute Gasteiger partial charge is 0.322 e. The first-order valence-electron chi connectivity index (χ1n) is 6.28. The van der Waals surface area contributed by atoms with Crippen molar-refractivity contribution in [1.29, 1.82) is 0 Å². The van der Waals surface area contributed by atoms with Gasteiger partial charge < -0.3 is 5.32 Å². The molecule has 0 aromatic heterocycles. The molecule has 0 fully saturated rings. The number of anilines is 1. The number of para-hydroxylation sites is 1. The summed E-state index contributed by atoms with van der Waals surface area (Å²) in [6, 6.07) is 11.6. The third kappa shape index (κ3) is 4.11. The SMILES string of the molecule is O=C(C=Cc1ccccc1Cl)Nc1ccccc1C(F)(F)F. The van der Waals surface area contributed by atoms with Crippen LogP contribution in [0.25, 0.3) is 6.08 Å². The highest BCUT2D eigenvalue weighted by Gasteiger charge is 2.33. The first-order chi connectivity index (χ1) is 10.4. The van der Waals surface area contributed by atoms with Gasteiger partial charge in [0.2, 0.25) is 5.91 Å². The van der Waals surface area contributed by atoms with Gasteiger partial charge in [-0.2, -0.15) is 13.2 Å². The molecular weight excluding hydrogens is 315 g/mol. The van der Waals surface area contributed by atoms with Gasteiger partial charge in [-0.1, -0.05) is 41.9 Å². The zero-order valence-corrected chi connectivity index (χ0v) is 11.9. The zero-order valence-electron chi connectivity index (χ0n) is 11.2. The Morgan fingerprint density at radius 1 is 1.05 bits per heavy atom. The number of alkyl halides is 3. The van der Waals surface area contributed by atoms with E-state index in [0.717, 1.165) is 12.1 Å². The summed E-state index contributed by atoms with van der Waals surface area (Å²) in [5, 5.41) is 2.66. The predicted molar refractivity (Wildman–Crippen MR) is 80.6 cm³/mol. The number of rotatable bonds is 3. The van der Waals surface area contributed by atoms with Gasteiger partial charge in [-0.25, -0.2) is 0 Å². The van der Waals surface area contributed by atoms with Crippen LogP contribution in [0.5, 0.6) is 0 Å². The van der Waals surface area contributed by atoms with E-state index in [1.165, 1.54) is 24.3 Å². The van der Waals surface area contributed by atoms with Gasteiger partial charge in [0.15, 0.2) is 0 Å². The Morgan fingerprint density at radius 3 is 2.36 bits per heavy atom. The number of halogens is 4. The summed E-state index contributed by atoms with van der Waals surface area (Å²) in [5.41, 5.74) is -0.582. The maximum absolute atomic E-state index is 12.8. The van der Waals surface area contributed by atoms with E-state index in [2.05, 4.69) is 5.32 Å². The average molecular weight is 326 g/mol. The van der Waals surface area contributed by atoms with Gasteiger partial charge in [0.25, 0.3) is 0 Å². The van der Waals surface area contributed by atoms with E-state index in [1.807, 2.05) is 0 Å². The lowest BCUT2D eigenvalue weighted by Gasteiger charge is -2.12. The Bertz CT molecular complexity index is 711. The van der Waals surface area contributed by atoms with Crippen molar-refractivity contribution in [3.63, 3.8) is 0 Å². The van der Waals surface area contributed by atoms with Gasteiger partial charge >= 0.3 is 6.18 Å². The highest BCUT2D eigenvalue weighted by atomic mass is 35.5. The molecule has 0 aliphatic heterocycles. The van der Waals surface area contributed by atoms with Gasteiger partial charge in [-0.3, -0.25) is 4.79 Å². The third-order valence-corrected chi connectivity index (χ3v) is 3.15. The lowest BCUT2D eigenvalue weighted by Crippen LogP contribution is -2.14. The van der Waals surface area contributed by atoms with Crippen molar-refractivity contribution in [2.45, 2.75) is 6.18 Å². The maximum atomic E-state index is 12.8. The summed E-state index contributed by atoms with van der Waals surface area (Å²) < 4.78 is 38.4. The van der Waals surface area contributed by atoms with Crippen molar-refractivity contribution in [3.8, 4) is 0 Å². The summed E-state index contributed by atoms with van der Waals surface area (Å²) in [5.74, 6) is -0.670. The molecule has 0 radical (unpaired) electrons. The van der Waals surface area contributed by atoms with Gasteiger partial charge in [-0.15, -0.1) is 0 Å². The van der Waals surface area contributed by atoms with E-state index in [4.69, 9.17) is 11.6 Å². The molecule has 22 heavy (non-hydrogen) atoms. The Morgan fingerprint density at radius 2 is 1.68 bits per heavy atom. The number of carbonyl (C=O) groups excluding carboxylic acids is 1. The maximum Gasteiger partial charge on any atom is 0.418 e. The molecule has 0 atom stereocenters. The van der Waals surface area contributed by atoms with Crippen molar-refractivity contribution >= 4 is 29.3 Å². The lowest BCUT2D eigenvalue weighted by molar-refractivity contribution is -0.136. The summed E-state index contributed by atoms with van der Waals surface area (Å²) in [4.78, 5) is 11.8. The van der Waals surface area contributed by atoms with Crippen molar-refractivity contribution in [3.05, 3.63) is 70.8 Å². The number of benzene rings is 2. The van der Waals surface area contributed by atoms with E-state index in [1.54, 1.807) is 24.3 Å². The summed E-state index contributed by atoms with van der Waals surface area (Å²) in [6.07, 6.45) is -1.96. The van der Waals surface area contributed by atoms with Gasteiger partial charge in [0.1, 0.15) is 0 Å². The largest absolute Gasteiger partial charge is 0.418 e. The highest BCUT2D eigenvalue weighted by Crippen LogP contribution is 2.34. The molecule has 0 heterocycles. The Kier molecular flexibility index (Phi) is 4.88. The van der Waals surface area contributed by atoms with Gasteiger partial charge in [0.05, 0.1) is 11.3 Å². The van der Waals surface area contributed by atoms with Crippen LogP contribution in [0.3, 0.4) is 0 Å². The second-order valence-electron chi connectivity index (χ2n) is 4.39. The van der Waals surface area contributed by atoms with Crippen molar-refractivity contribution in [1.82, 2.24) is 0 Å². The minimum absolute atomic E-state index is 0.288. The van der Waals surface area contributed by atoms with Crippen LogP contribution in [0.15, 0.2) is 54.6 Å². The monoisotopic (exact) mass is 325 g/mol. The number of hydrogen-bond donors (Lipinski definition) is 1. The molecule has 0 aliphatic rings. The molecule has 2 aromatic rings. The quantitative estimate of drug-likeness (QED) is 0.790. The van der Waals surface area contributed by atoms with Crippen LogP contribution in [0.4, 0.5) is 18.9 Å². The molecule has 0 aliphatic carbocycles. The fraction of sp³-hybridized carbons (Fsp3) is 0.0625. The summed E-state index contributed by atoms with van der Waals surface area (Å²) in [7, 11) is 0. The van der Waals surface area contributed by atoms with Gasteiger partial charge in [-0.05, 0) is 29.8 Å². The first-order valence-corrected chi connectivity index (χ1v) is 6.65. The van der Waals surface area contributed by atoms with Crippen LogP contribution in [-0.4, -0.2) is 5.91 Å². The summed E-state index contributed by atoms with van der Waals surface area (Å²) >= 11 is 5.92. The fourth-order valence-corrected chi connectivity index (χ4v) is 1.99. The van der Waals surface area contributed by atoms with E-state index in [9.17, 15) is 18.0 Å². The topological polar surface area (TPSA) is 29.1 Å². The second-order valence-corrected chi connectivity index (χ2v) is 4.79. The normalized spacial score (nSPS) is 11.6. The molecule has 6 heteroatoms. The van der Waals surface area contributed by atoms with Crippen molar-refractivity contribution in [2.75, 3.05) is 5.32 Å². The Balaban J connectivity index is 2.15. The molecule has 1 N–H and O–H groups in total. The fourth-order valence-electron chi connectivity index (χ4n) is 1.79. The Hall–Kier alpha value is -2.27. The van der Waals surface area contributed by atoms with Crippen molar-refractivity contribution < 1.29 is 18.0 Å². The van der Waals surface area contributed by atoms with Crippen LogP contribution in [0.1, 0.15) is 11.1 Å². The summed E-state index contributed by atoms with van der Waals surface area (Å²) in [6.45, 7) is 0. The van der Waals surface area contributed by atoms with Gasteiger partial charge in [0, 0.05) is 11.1 Å². The van der Waals surface area contributed by atoms with Crippen LogP contribution < -0.4 is 5.32 Å². The number of nitrogens with one attached hydrogen (secondary N) is 1. The molecule has 0 saturated carbocycles. The van der Waals surface area contributed by atoms with Crippen LogP contribution in [0, 0.1) is 0 Å². The molecule has 2 aromatic carbocycles. The van der Waals surface area contributed by atoms with E-state index >= 15 is 0 Å². The average Bonchev–Trinajstić information content (AvgIpc) is 2.46. The van der Waals surface area contributed by atoms with E-state index < -0.39 is 17.6 Å². The van der Waals surface area contributed by atoms with E-state index in [-0.39, 0.29) is 5.69 Å². The van der Waals surface area contributed by atoms with Crippen molar-refractivity contribution in [2.24, 2.45) is 0 Å². The molecule has 0 spiro atoms. The second kappa shape index (κ2) is 6.66.